The zero-order valence-electron chi connectivity index (χ0n) is 7.71. The molecule has 0 aromatic carbocycles. The van der Waals surface area contributed by atoms with Crippen LogP contribution in [-0.2, 0) is 0 Å². The van der Waals surface area contributed by atoms with E-state index in [1.807, 2.05) is 0 Å². The van der Waals surface area contributed by atoms with Gasteiger partial charge in [0.1, 0.15) is 0 Å². The highest BCUT2D eigenvalue weighted by Crippen LogP contribution is 2.38. The third-order valence-corrected chi connectivity index (χ3v) is 3.66. The van der Waals surface area contributed by atoms with Crippen LogP contribution in [0, 0.1) is 11.8 Å². The van der Waals surface area contributed by atoms with Crippen molar-refractivity contribution in [2.75, 3.05) is 13.6 Å². The highest BCUT2D eigenvalue weighted by molar-refractivity contribution is 4.91. The van der Waals surface area contributed by atoms with Gasteiger partial charge in [0.2, 0.25) is 0 Å². The average molecular weight is 153 g/mol. The van der Waals surface area contributed by atoms with Crippen LogP contribution in [-0.4, -0.2) is 24.5 Å². The third kappa shape index (κ3) is 1.20. The van der Waals surface area contributed by atoms with Crippen LogP contribution in [0.1, 0.15) is 32.6 Å². The molecule has 0 bridgehead atoms. The maximum atomic E-state index is 2.58. The number of hydrogen-bond acceptors (Lipinski definition) is 1. The van der Waals surface area contributed by atoms with E-state index >= 15 is 0 Å². The predicted octanol–water partition coefficient (Wildman–Crippen LogP) is 2.13. The Labute approximate surface area is 69.8 Å². The number of likely N-dealkylation sites (tertiary alicyclic amines) is 1. The van der Waals surface area contributed by atoms with Gasteiger partial charge in [0, 0.05) is 6.04 Å². The van der Waals surface area contributed by atoms with E-state index in [2.05, 4.69) is 18.9 Å². The molecule has 2 rings (SSSR count). The minimum Gasteiger partial charge on any atom is -0.303 e. The van der Waals surface area contributed by atoms with Gasteiger partial charge in [-0.15, -0.1) is 0 Å². The molecule has 0 aromatic rings. The Morgan fingerprint density at radius 1 is 1.18 bits per heavy atom. The summed E-state index contributed by atoms with van der Waals surface area (Å²) in [5.74, 6) is 2.00. The first-order valence-electron chi connectivity index (χ1n) is 4.99. The van der Waals surface area contributed by atoms with Crippen molar-refractivity contribution in [3.8, 4) is 0 Å². The summed E-state index contributed by atoms with van der Waals surface area (Å²) in [5, 5.41) is 0. The van der Waals surface area contributed by atoms with Gasteiger partial charge in [-0.3, -0.25) is 0 Å². The zero-order chi connectivity index (χ0) is 7.84. The second-order valence-electron chi connectivity index (χ2n) is 4.43. The smallest absolute Gasteiger partial charge is 0.0147 e. The van der Waals surface area contributed by atoms with E-state index in [1.165, 1.54) is 32.2 Å². The van der Waals surface area contributed by atoms with Crippen LogP contribution < -0.4 is 0 Å². The van der Waals surface area contributed by atoms with Gasteiger partial charge in [-0.05, 0) is 44.7 Å². The Morgan fingerprint density at radius 2 is 2.00 bits per heavy atom. The molecule has 2 aliphatic rings. The molecule has 0 spiro atoms. The summed E-state index contributed by atoms with van der Waals surface area (Å²) >= 11 is 0. The fourth-order valence-corrected chi connectivity index (χ4v) is 3.14. The van der Waals surface area contributed by atoms with Crippen LogP contribution in [0.15, 0.2) is 0 Å². The van der Waals surface area contributed by atoms with Gasteiger partial charge < -0.3 is 4.90 Å². The van der Waals surface area contributed by atoms with Crippen molar-refractivity contribution in [3.05, 3.63) is 0 Å². The monoisotopic (exact) mass is 153 g/mol. The van der Waals surface area contributed by atoms with Crippen molar-refractivity contribution in [2.24, 2.45) is 11.8 Å². The molecule has 11 heavy (non-hydrogen) atoms. The standard InChI is InChI=1S/C10H19N/c1-8-4-3-5-9-6-7-11(2)10(8)9/h8-10H,3-7H2,1-2H3/t8-,9?,10?/m1/s1. The second kappa shape index (κ2) is 2.78. The van der Waals surface area contributed by atoms with E-state index in [1.54, 1.807) is 0 Å². The normalized spacial score (nSPS) is 45.8. The molecule has 0 amide bonds. The molecule has 1 saturated carbocycles. The molecule has 1 heteroatoms. The number of hydrogen-bond donors (Lipinski definition) is 0. The molecule has 0 N–H and O–H groups in total. The van der Waals surface area contributed by atoms with Gasteiger partial charge in [0.15, 0.2) is 0 Å². The highest BCUT2D eigenvalue weighted by atomic mass is 15.2. The maximum absolute atomic E-state index is 2.58. The largest absolute Gasteiger partial charge is 0.303 e. The molecule has 1 saturated heterocycles. The van der Waals surface area contributed by atoms with Crippen LogP contribution in [0.4, 0.5) is 0 Å². The molecule has 2 unspecified atom stereocenters. The summed E-state index contributed by atoms with van der Waals surface area (Å²) in [7, 11) is 2.30. The summed E-state index contributed by atoms with van der Waals surface area (Å²) in [5.41, 5.74) is 0. The minimum absolute atomic E-state index is 0.934. The Balaban J connectivity index is 2.08. The lowest BCUT2D eigenvalue weighted by molar-refractivity contribution is 0.153. The van der Waals surface area contributed by atoms with E-state index in [-0.39, 0.29) is 0 Å². The first-order valence-corrected chi connectivity index (χ1v) is 4.99. The third-order valence-electron chi connectivity index (χ3n) is 3.66. The van der Waals surface area contributed by atoms with Gasteiger partial charge in [-0.1, -0.05) is 13.3 Å². The topological polar surface area (TPSA) is 3.24 Å². The van der Waals surface area contributed by atoms with Crippen LogP contribution >= 0.6 is 0 Å². The first-order chi connectivity index (χ1) is 5.29. The summed E-state index contributed by atoms with van der Waals surface area (Å²) in [4.78, 5) is 2.58. The van der Waals surface area contributed by atoms with Crippen molar-refractivity contribution in [1.29, 1.82) is 0 Å². The van der Waals surface area contributed by atoms with Crippen molar-refractivity contribution >= 4 is 0 Å². The van der Waals surface area contributed by atoms with E-state index in [0.29, 0.717) is 0 Å². The van der Waals surface area contributed by atoms with Crippen molar-refractivity contribution in [1.82, 2.24) is 4.90 Å². The fraction of sp³-hybridized carbons (Fsp3) is 1.00. The highest BCUT2D eigenvalue weighted by Gasteiger charge is 2.37. The lowest BCUT2D eigenvalue weighted by Gasteiger charge is -2.35. The van der Waals surface area contributed by atoms with Gasteiger partial charge in [0.05, 0.1) is 0 Å². The van der Waals surface area contributed by atoms with Crippen molar-refractivity contribution in [2.45, 2.75) is 38.6 Å². The Morgan fingerprint density at radius 3 is 2.73 bits per heavy atom. The molecule has 1 nitrogen and oxygen atoms in total. The zero-order valence-corrected chi connectivity index (χ0v) is 7.71. The van der Waals surface area contributed by atoms with Gasteiger partial charge >= 0.3 is 0 Å². The average Bonchev–Trinajstić information content (AvgIpc) is 2.34. The fourth-order valence-electron chi connectivity index (χ4n) is 3.14. The summed E-state index contributed by atoms with van der Waals surface area (Å²) < 4.78 is 0. The van der Waals surface area contributed by atoms with Crippen LogP contribution in [0.25, 0.3) is 0 Å². The van der Waals surface area contributed by atoms with E-state index in [0.717, 1.165) is 17.9 Å². The van der Waals surface area contributed by atoms with Crippen LogP contribution in [0.2, 0.25) is 0 Å². The summed E-state index contributed by atoms with van der Waals surface area (Å²) in [6.45, 7) is 3.78. The van der Waals surface area contributed by atoms with Gasteiger partial charge in [-0.25, -0.2) is 0 Å². The summed E-state index contributed by atoms with van der Waals surface area (Å²) in [6, 6.07) is 0.934. The molecule has 2 fully saturated rings. The first kappa shape index (κ1) is 7.60. The lowest BCUT2D eigenvalue weighted by Crippen LogP contribution is -2.37. The molecule has 3 atom stereocenters. The van der Waals surface area contributed by atoms with Crippen LogP contribution in [0.5, 0.6) is 0 Å². The molecule has 64 valence electrons. The van der Waals surface area contributed by atoms with Crippen molar-refractivity contribution < 1.29 is 0 Å². The second-order valence-corrected chi connectivity index (χ2v) is 4.43. The number of fused-ring (bicyclic) bond motifs is 1. The van der Waals surface area contributed by atoms with Gasteiger partial charge in [-0.2, -0.15) is 0 Å². The Kier molecular flexibility index (Phi) is 1.92. The summed E-state index contributed by atoms with van der Waals surface area (Å²) in [6.07, 6.45) is 5.91. The quantitative estimate of drug-likeness (QED) is 0.515. The molecule has 0 aromatic heterocycles. The molecule has 0 radical (unpaired) electrons. The molecule has 1 aliphatic carbocycles. The number of rotatable bonds is 0. The molecular weight excluding hydrogens is 134 g/mol. The van der Waals surface area contributed by atoms with E-state index in [4.69, 9.17) is 0 Å². The van der Waals surface area contributed by atoms with Crippen molar-refractivity contribution in [3.63, 3.8) is 0 Å². The van der Waals surface area contributed by atoms with E-state index in [9.17, 15) is 0 Å². The van der Waals surface area contributed by atoms with Gasteiger partial charge in [0.25, 0.3) is 0 Å². The minimum atomic E-state index is 0.934. The SMILES string of the molecule is C[C@@H]1CCCC2CCN(C)C21. The molecule has 1 heterocycles. The number of nitrogens with zero attached hydrogens (tertiary/aromatic N) is 1. The molecule has 1 aliphatic heterocycles. The molecular formula is C10H19N. The maximum Gasteiger partial charge on any atom is 0.0147 e. The Bertz CT molecular complexity index is 142. The van der Waals surface area contributed by atoms with E-state index < -0.39 is 0 Å². The van der Waals surface area contributed by atoms with Crippen LogP contribution in [0.3, 0.4) is 0 Å². The Hall–Kier alpha value is -0.0400. The predicted molar refractivity (Wildman–Crippen MR) is 47.5 cm³/mol. The lowest BCUT2D eigenvalue weighted by atomic mass is 9.78.